The van der Waals surface area contributed by atoms with Gasteiger partial charge in [0, 0.05) is 0 Å². The second kappa shape index (κ2) is 8.12. The summed E-state index contributed by atoms with van der Waals surface area (Å²) in [6, 6.07) is 18.2. The third-order valence-electron chi connectivity index (χ3n) is 4.00. The van der Waals surface area contributed by atoms with Gasteiger partial charge in [-0.25, -0.2) is 0 Å². The average Bonchev–Trinajstić information content (AvgIpc) is 2.96. The minimum absolute atomic E-state index is 0.0101. The van der Waals surface area contributed by atoms with Gasteiger partial charge in [-0.15, -0.1) is 5.10 Å². The van der Waals surface area contributed by atoms with Crippen LogP contribution >= 0.6 is 11.8 Å². The van der Waals surface area contributed by atoms with Gasteiger partial charge < -0.3 is 5.32 Å². The van der Waals surface area contributed by atoms with Crippen molar-refractivity contribution in [3.63, 3.8) is 0 Å². The number of thioether (sulfide) groups is 1. The lowest BCUT2D eigenvalue weighted by molar-refractivity contribution is -0.118. The van der Waals surface area contributed by atoms with E-state index in [1.54, 1.807) is 6.21 Å². The topological polar surface area (TPSA) is 53.8 Å². The molecule has 0 spiro atoms. The van der Waals surface area contributed by atoms with Crippen LogP contribution in [-0.2, 0) is 11.2 Å². The predicted molar refractivity (Wildman–Crippen MR) is 105 cm³/mol. The Labute approximate surface area is 152 Å². The van der Waals surface area contributed by atoms with Crippen LogP contribution in [0.25, 0.3) is 0 Å². The monoisotopic (exact) mass is 351 g/mol. The highest BCUT2D eigenvalue weighted by Crippen LogP contribution is 2.23. The molecule has 2 aromatic carbocycles. The molecular formula is C20H21N3OS. The summed E-state index contributed by atoms with van der Waals surface area (Å²) in [7, 11) is 0. The fraction of sp³-hybridized carbons (Fsp3) is 0.250. The van der Waals surface area contributed by atoms with Crippen molar-refractivity contribution in [3.05, 3.63) is 71.3 Å². The number of nitrogens with zero attached hydrogens (tertiary/aromatic N) is 2. The van der Waals surface area contributed by atoms with E-state index in [0.29, 0.717) is 17.5 Å². The van der Waals surface area contributed by atoms with Crippen LogP contribution in [0.4, 0.5) is 0 Å². The van der Waals surface area contributed by atoms with Crippen LogP contribution in [0.1, 0.15) is 36.5 Å². The molecular weight excluding hydrogens is 330 g/mol. The molecule has 1 heterocycles. The molecule has 0 radical (unpaired) electrons. The largest absolute Gasteiger partial charge is 0.303 e. The molecule has 0 aliphatic carbocycles. The summed E-state index contributed by atoms with van der Waals surface area (Å²) in [5, 5.41) is 11.4. The molecule has 0 bridgehead atoms. The van der Waals surface area contributed by atoms with Gasteiger partial charge in [0.25, 0.3) is 0 Å². The summed E-state index contributed by atoms with van der Waals surface area (Å²) < 4.78 is 0. The van der Waals surface area contributed by atoms with Gasteiger partial charge in [-0.2, -0.15) is 5.10 Å². The van der Waals surface area contributed by atoms with Crippen LogP contribution in [0.15, 0.2) is 64.8 Å². The van der Waals surface area contributed by atoms with E-state index in [1.165, 1.54) is 17.3 Å². The smallest absolute Gasteiger partial charge is 0.239 e. The van der Waals surface area contributed by atoms with Crippen molar-refractivity contribution >= 4 is 29.1 Å². The first-order valence-corrected chi connectivity index (χ1v) is 9.22. The summed E-state index contributed by atoms with van der Waals surface area (Å²) in [6.07, 6.45) is 2.39. The Morgan fingerprint density at radius 1 is 1.12 bits per heavy atom. The first-order chi connectivity index (χ1) is 12.1. The molecule has 0 unspecified atom stereocenters. The Hall–Kier alpha value is -2.40. The second-order valence-electron chi connectivity index (χ2n) is 6.26. The van der Waals surface area contributed by atoms with E-state index in [2.05, 4.69) is 41.5 Å². The zero-order chi connectivity index (χ0) is 17.6. The van der Waals surface area contributed by atoms with E-state index >= 15 is 0 Å². The third kappa shape index (κ3) is 4.79. The van der Waals surface area contributed by atoms with Gasteiger partial charge in [0.2, 0.25) is 5.91 Å². The lowest BCUT2D eigenvalue weighted by Gasteiger charge is -2.04. The highest BCUT2D eigenvalue weighted by atomic mass is 32.2. The number of rotatable bonds is 5. The van der Waals surface area contributed by atoms with Gasteiger partial charge in [0.1, 0.15) is 0 Å². The van der Waals surface area contributed by atoms with Crippen LogP contribution in [-0.4, -0.2) is 22.5 Å². The Balaban J connectivity index is 1.59. The number of benzene rings is 2. The number of nitrogens with one attached hydrogen (secondary N) is 1. The van der Waals surface area contributed by atoms with Crippen molar-refractivity contribution in [3.8, 4) is 0 Å². The van der Waals surface area contributed by atoms with Crippen LogP contribution in [0.3, 0.4) is 0 Å². The maximum Gasteiger partial charge on any atom is 0.239 e. The minimum Gasteiger partial charge on any atom is -0.303 e. The molecule has 1 aliphatic heterocycles. The van der Waals surface area contributed by atoms with Crippen molar-refractivity contribution in [1.29, 1.82) is 0 Å². The van der Waals surface area contributed by atoms with Crippen molar-refractivity contribution in [2.24, 2.45) is 10.2 Å². The lowest BCUT2D eigenvalue weighted by Crippen LogP contribution is -2.25. The van der Waals surface area contributed by atoms with Crippen LogP contribution in [0, 0.1) is 0 Å². The van der Waals surface area contributed by atoms with E-state index in [0.717, 1.165) is 11.1 Å². The summed E-state index contributed by atoms with van der Waals surface area (Å²) in [5.41, 5.74) is 3.43. The molecule has 3 rings (SSSR count). The van der Waals surface area contributed by atoms with E-state index in [9.17, 15) is 4.79 Å². The Morgan fingerprint density at radius 3 is 2.52 bits per heavy atom. The van der Waals surface area contributed by atoms with Gasteiger partial charge >= 0.3 is 0 Å². The molecule has 5 heteroatoms. The van der Waals surface area contributed by atoms with Crippen molar-refractivity contribution in [2.45, 2.75) is 31.4 Å². The van der Waals surface area contributed by atoms with Gasteiger partial charge in [-0.3, -0.25) is 4.79 Å². The van der Waals surface area contributed by atoms with Crippen LogP contribution in [0.5, 0.6) is 0 Å². The quantitative estimate of drug-likeness (QED) is 0.654. The summed E-state index contributed by atoms with van der Waals surface area (Å²) in [6.45, 7) is 4.34. The van der Waals surface area contributed by atoms with E-state index in [4.69, 9.17) is 0 Å². The SMILES string of the molecule is CC(C)c1ccc(/C=N\N=C2/NC(=O)[C@@H](Cc3ccccc3)S2)cc1. The number of amides is 1. The van der Waals surface area contributed by atoms with Gasteiger partial charge in [-0.1, -0.05) is 80.2 Å². The van der Waals surface area contributed by atoms with Crippen molar-refractivity contribution in [2.75, 3.05) is 0 Å². The lowest BCUT2D eigenvalue weighted by atomic mass is 10.0. The number of carbonyl (C=O) groups is 1. The summed E-state index contributed by atoms with van der Waals surface area (Å²) in [5.74, 6) is 0.502. The van der Waals surface area contributed by atoms with Gasteiger partial charge in [0.05, 0.1) is 11.5 Å². The van der Waals surface area contributed by atoms with E-state index in [-0.39, 0.29) is 11.2 Å². The Bertz CT molecular complexity index is 782. The number of hydrogen-bond donors (Lipinski definition) is 1. The molecule has 25 heavy (non-hydrogen) atoms. The molecule has 0 saturated carbocycles. The maximum absolute atomic E-state index is 12.1. The molecule has 1 amide bonds. The molecule has 0 aromatic heterocycles. The second-order valence-corrected chi connectivity index (χ2v) is 7.45. The Kier molecular flexibility index (Phi) is 5.66. The fourth-order valence-electron chi connectivity index (χ4n) is 2.53. The first-order valence-electron chi connectivity index (χ1n) is 8.34. The normalized spacial score (nSPS) is 19.1. The Morgan fingerprint density at radius 2 is 1.84 bits per heavy atom. The highest BCUT2D eigenvalue weighted by Gasteiger charge is 2.30. The fourth-order valence-corrected chi connectivity index (χ4v) is 3.49. The standard InChI is InChI=1S/C20H21N3OS/c1-14(2)17-10-8-16(9-11-17)13-21-23-20-22-19(24)18(25-20)12-15-6-4-3-5-7-15/h3-11,13-14,18H,12H2,1-2H3,(H,22,23,24)/b21-13-/t18-/m1/s1. The van der Waals surface area contributed by atoms with Crippen molar-refractivity contribution < 1.29 is 4.79 Å². The predicted octanol–water partition coefficient (Wildman–Crippen LogP) is 3.97. The van der Waals surface area contributed by atoms with Gasteiger partial charge in [-0.05, 0) is 29.0 Å². The van der Waals surface area contributed by atoms with E-state index < -0.39 is 0 Å². The molecule has 1 fully saturated rings. The van der Waals surface area contributed by atoms with Gasteiger partial charge in [0.15, 0.2) is 5.17 Å². The molecule has 1 aliphatic rings. The highest BCUT2D eigenvalue weighted by molar-refractivity contribution is 8.15. The third-order valence-corrected chi connectivity index (χ3v) is 5.07. The maximum atomic E-state index is 12.1. The molecule has 1 atom stereocenters. The number of amidine groups is 1. The molecule has 2 aromatic rings. The number of carbonyl (C=O) groups excluding carboxylic acids is 1. The number of hydrogen-bond acceptors (Lipinski definition) is 4. The average molecular weight is 351 g/mol. The molecule has 1 saturated heterocycles. The summed E-state index contributed by atoms with van der Waals surface area (Å²) >= 11 is 1.43. The van der Waals surface area contributed by atoms with E-state index in [1.807, 2.05) is 42.5 Å². The molecule has 4 nitrogen and oxygen atoms in total. The zero-order valence-corrected chi connectivity index (χ0v) is 15.2. The zero-order valence-electron chi connectivity index (χ0n) is 14.3. The molecule has 128 valence electrons. The van der Waals surface area contributed by atoms with Crippen LogP contribution < -0.4 is 5.32 Å². The summed E-state index contributed by atoms with van der Waals surface area (Å²) in [4.78, 5) is 12.1. The van der Waals surface area contributed by atoms with Crippen LogP contribution in [0.2, 0.25) is 0 Å². The van der Waals surface area contributed by atoms with Crippen molar-refractivity contribution in [1.82, 2.24) is 5.32 Å². The minimum atomic E-state index is -0.151. The first kappa shape index (κ1) is 17.4. The molecule has 1 N–H and O–H groups in total.